The molecule has 0 amide bonds. The predicted octanol–water partition coefficient (Wildman–Crippen LogP) is 2.95. The van der Waals surface area contributed by atoms with Crippen molar-refractivity contribution in [1.29, 1.82) is 0 Å². The molecule has 1 rings (SSSR count). The first-order valence-corrected chi connectivity index (χ1v) is 6.41. The summed E-state index contributed by atoms with van der Waals surface area (Å²) < 4.78 is 0. The molecule has 4 heteroatoms. The van der Waals surface area contributed by atoms with Crippen molar-refractivity contribution in [3.05, 3.63) is 28.8 Å². The Hall–Kier alpha value is -0.670. The van der Waals surface area contributed by atoms with Gasteiger partial charge in [-0.2, -0.15) is 11.8 Å². The van der Waals surface area contributed by atoms with Crippen LogP contribution in [-0.2, 0) is 0 Å². The van der Waals surface area contributed by atoms with Crippen molar-refractivity contribution in [2.45, 2.75) is 0 Å². The molecule has 1 aromatic carbocycles. The molecule has 0 bridgehead atoms. The van der Waals surface area contributed by atoms with E-state index in [2.05, 4.69) is 11.2 Å². The summed E-state index contributed by atoms with van der Waals surface area (Å²) in [4.78, 5) is 12.6. The molecule has 0 aliphatic heterocycles. The molecule has 0 unspecified atom stereocenters. The molecule has 0 heterocycles. The van der Waals surface area contributed by atoms with E-state index in [1.807, 2.05) is 13.1 Å². The van der Waals surface area contributed by atoms with Gasteiger partial charge in [-0.05, 0) is 24.5 Å². The molecule has 0 N–H and O–H groups in total. The van der Waals surface area contributed by atoms with Crippen LogP contribution < -0.4 is 4.90 Å². The fourth-order valence-corrected chi connectivity index (χ4v) is 2.04. The fourth-order valence-electron chi connectivity index (χ4n) is 1.25. The van der Waals surface area contributed by atoms with Crippen LogP contribution in [0.4, 0.5) is 5.69 Å². The van der Waals surface area contributed by atoms with Crippen LogP contribution >= 0.6 is 23.4 Å². The van der Waals surface area contributed by atoms with Crippen molar-refractivity contribution in [3.63, 3.8) is 0 Å². The quantitative estimate of drug-likeness (QED) is 0.742. The number of nitrogens with zero attached hydrogens (tertiary/aromatic N) is 1. The highest BCUT2D eigenvalue weighted by Crippen LogP contribution is 2.25. The first kappa shape index (κ1) is 12.4. The van der Waals surface area contributed by atoms with E-state index in [4.69, 9.17) is 11.6 Å². The number of rotatable bonds is 5. The highest BCUT2D eigenvalue weighted by molar-refractivity contribution is 7.98. The summed E-state index contributed by atoms with van der Waals surface area (Å²) in [5.41, 5.74) is 1.58. The molecule has 0 atom stereocenters. The topological polar surface area (TPSA) is 20.3 Å². The summed E-state index contributed by atoms with van der Waals surface area (Å²) in [6.45, 7) is 0.946. The Morgan fingerprint density at radius 1 is 1.53 bits per heavy atom. The average Bonchev–Trinajstić information content (AvgIpc) is 2.25. The fraction of sp³-hybridized carbons (Fsp3) is 0.364. The second-order valence-electron chi connectivity index (χ2n) is 3.24. The largest absolute Gasteiger partial charge is 0.373 e. The van der Waals surface area contributed by atoms with Gasteiger partial charge < -0.3 is 4.90 Å². The van der Waals surface area contributed by atoms with Gasteiger partial charge in [0.25, 0.3) is 0 Å². The molecule has 0 fully saturated rings. The molecule has 2 nitrogen and oxygen atoms in total. The number of benzene rings is 1. The monoisotopic (exact) mass is 243 g/mol. The van der Waals surface area contributed by atoms with Gasteiger partial charge in [-0.25, -0.2) is 0 Å². The van der Waals surface area contributed by atoms with Gasteiger partial charge in [-0.3, -0.25) is 4.79 Å². The van der Waals surface area contributed by atoms with E-state index in [0.717, 1.165) is 24.3 Å². The second-order valence-corrected chi connectivity index (χ2v) is 4.64. The number of halogens is 1. The van der Waals surface area contributed by atoms with Crippen molar-refractivity contribution in [2.75, 3.05) is 30.5 Å². The molecular formula is C11H14ClNOS. The van der Waals surface area contributed by atoms with Crippen LogP contribution in [0, 0.1) is 0 Å². The van der Waals surface area contributed by atoms with Crippen molar-refractivity contribution in [3.8, 4) is 0 Å². The third kappa shape index (κ3) is 3.43. The first-order chi connectivity index (χ1) is 7.19. The van der Waals surface area contributed by atoms with Crippen LogP contribution in [0.1, 0.15) is 10.4 Å². The number of carbonyl (C=O) groups excluding carboxylic acids is 1. The van der Waals surface area contributed by atoms with Gasteiger partial charge in [0.15, 0.2) is 0 Å². The van der Waals surface area contributed by atoms with E-state index < -0.39 is 0 Å². The van der Waals surface area contributed by atoms with E-state index in [9.17, 15) is 4.79 Å². The number of hydrogen-bond acceptors (Lipinski definition) is 3. The standard InChI is InChI=1S/C11H14ClNOS/c1-13(5-6-15-2)11-4-3-9(8-14)7-10(11)12/h3-4,7-8H,5-6H2,1-2H3. The van der Waals surface area contributed by atoms with Crippen LogP contribution in [0.2, 0.25) is 5.02 Å². The van der Waals surface area contributed by atoms with Gasteiger partial charge in [0.05, 0.1) is 10.7 Å². The molecule has 0 aromatic heterocycles. The molecule has 0 saturated heterocycles. The van der Waals surface area contributed by atoms with Gasteiger partial charge >= 0.3 is 0 Å². The van der Waals surface area contributed by atoms with Gasteiger partial charge in [0, 0.05) is 24.9 Å². The van der Waals surface area contributed by atoms with E-state index in [1.165, 1.54) is 0 Å². The summed E-state index contributed by atoms with van der Waals surface area (Å²) >= 11 is 7.87. The minimum absolute atomic E-state index is 0.613. The summed E-state index contributed by atoms with van der Waals surface area (Å²) in [5.74, 6) is 1.06. The molecular weight excluding hydrogens is 230 g/mol. The van der Waals surface area contributed by atoms with Gasteiger partial charge in [0.1, 0.15) is 6.29 Å². The molecule has 0 aliphatic carbocycles. The number of thioether (sulfide) groups is 1. The zero-order valence-corrected chi connectivity index (χ0v) is 10.4. The lowest BCUT2D eigenvalue weighted by molar-refractivity contribution is 0.112. The molecule has 0 saturated carbocycles. The molecule has 0 aliphatic rings. The molecule has 15 heavy (non-hydrogen) atoms. The predicted molar refractivity (Wildman–Crippen MR) is 68.5 cm³/mol. The van der Waals surface area contributed by atoms with E-state index >= 15 is 0 Å². The maximum Gasteiger partial charge on any atom is 0.150 e. The first-order valence-electron chi connectivity index (χ1n) is 4.64. The van der Waals surface area contributed by atoms with Crippen LogP contribution in [0.25, 0.3) is 0 Å². The van der Waals surface area contributed by atoms with Gasteiger partial charge in [-0.1, -0.05) is 11.6 Å². The average molecular weight is 244 g/mol. The van der Waals surface area contributed by atoms with E-state index in [0.29, 0.717) is 10.6 Å². The maximum absolute atomic E-state index is 10.5. The maximum atomic E-state index is 10.5. The van der Waals surface area contributed by atoms with Crippen molar-refractivity contribution >= 4 is 35.3 Å². The smallest absolute Gasteiger partial charge is 0.150 e. The van der Waals surface area contributed by atoms with Crippen molar-refractivity contribution < 1.29 is 4.79 Å². The summed E-state index contributed by atoms with van der Waals surface area (Å²) in [7, 11) is 2.00. The SMILES string of the molecule is CSCCN(C)c1ccc(C=O)cc1Cl. The number of aldehydes is 1. The van der Waals surface area contributed by atoms with Crippen LogP contribution in [0.15, 0.2) is 18.2 Å². The minimum atomic E-state index is 0.613. The van der Waals surface area contributed by atoms with Gasteiger partial charge in [0.2, 0.25) is 0 Å². The number of anilines is 1. The lowest BCUT2D eigenvalue weighted by Gasteiger charge is -2.20. The Labute approximate surface area is 99.6 Å². The summed E-state index contributed by atoms with van der Waals surface area (Å²) in [6, 6.07) is 5.36. The number of hydrogen-bond donors (Lipinski definition) is 0. The minimum Gasteiger partial charge on any atom is -0.373 e. The number of carbonyl (C=O) groups is 1. The van der Waals surface area contributed by atoms with Crippen LogP contribution in [0.5, 0.6) is 0 Å². The highest BCUT2D eigenvalue weighted by Gasteiger charge is 2.06. The lowest BCUT2D eigenvalue weighted by atomic mass is 10.2. The van der Waals surface area contributed by atoms with E-state index in [1.54, 1.807) is 23.9 Å². The zero-order chi connectivity index (χ0) is 11.3. The van der Waals surface area contributed by atoms with Crippen LogP contribution in [0.3, 0.4) is 0 Å². The van der Waals surface area contributed by atoms with Crippen molar-refractivity contribution in [1.82, 2.24) is 0 Å². The molecule has 1 aromatic rings. The Balaban J connectivity index is 2.80. The Morgan fingerprint density at radius 2 is 2.27 bits per heavy atom. The zero-order valence-electron chi connectivity index (χ0n) is 8.87. The normalized spacial score (nSPS) is 10.1. The van der Waals surface area contributed by atoms with Crippen LogP contribution in [-0.4, -0.2) is 31.9 Å². The molecule has 0 radical (unpaired) electrons. The molecule has 82 valence electrons. The Bertz CT molecular complexity index is 343. The lowest BCUT2D eigenvalue weighted by Crippen LogP contribution is -2.20. The third-order valence-corrected chi connectivity index (χ3v) is 3.04. The molecule has 0 spiro atoms. The summed E-state index contributed by atoms with van der Waals surface area (Å²) in [5, 5.41) is 0.628. The summed E-state index contributed by atoms with van der Waals surface area (Å²) in [6.07, 6.45) is 2.88. The third-order valence-electron chi connectivity index (χ3n) is 2.15. The van der Waals surface area contributed by atoms with E-state index in [-0.39, 0.29) is 0 Å². The Kier molecular flexibility index (Phi) is 4.99. The second kappa shape index (κ2) is 6.03. The Morgan fingerprint density at radius 3 is 2.80 bits per heavy atom. The van der Waals surface area contributed by atoms with Gasteiger partial charge in [-0.15, -0.1) is 0 Å². The van der Waals surface area contributed by atoms with Crippen molar-refractivity contribution in [2.24, 2.45) is 0 Å². The highest BCUT2D eigenvalue weighted by atomic mass is 35.5.